The highest BCUT2D eigenvalue weighted by Crippen LogP contribution is 2.41. The summed E-state index contributed by atoms with van der Waals surface area (Å²) < 4.78 is 114. The number of alkyl halides is 8. The van der Waals surface area contributed by atoms with Gasteiger partial charge in [0.15, 0.2) is 0 Å². The predicted molar refractivity (Wildman–Crippen MR) is 147 cm³/mol. The van der Waals surface area contributed by atoms with Crippen LogP contribution >= 0.6 is 0 Å². The summed E-state index contributed by atoms with van der Waals surface area (Å²) in [7, 11) is 0. The molecule has 0 N–H and O–H groups in total. The standard InChI is InChI=1S/C27H35F8N3O5S/c1-24(2)22(39)37(19-12-13-21(38(41)42)20(18-19)26(30,31)32)23(40)36(24)15-9-7-5-3-4-6-8-10-16-44(43)17-11-14-25(28,29)27(33,34)35/h12-13,18H,3-11,14-17H2,1-2H3. The molecule has 17 heteroatoms. The summed E-state index contributed by atoms with van der Waals surface area (Å²) >= 11 is -1.47. The lowest BCUT2D eigenvalue weighted by Crippen LogP contribution is -2.44. The first kappa shape index (κ1) is 37.5. The van der Waals surface area contributed by atoms with Gasteiger partial charge in [0.25, 0.3) is 11.6 Å². The summed E-state index contributed by atoms with van der Waals surface area (Å²) in [6.07, 6.45) is -6.82. The average molecular weight is 666 g/mol. The molecule has 0 bridgehead atoms. The molecule has 1 fully saturated rings. The predicted octanol–water partition coefficient (Wildman–Crippen LogP) is 8.01. The molecule has 0 radical (unpaired) electrons. The van der Waals surface area contributed by atoms with E-state index in [1.165, 1.54) is 18.7 Å². The minimum atomic E-state index is -5.61. The SMILES string of the molecule is CC1(C)C(=O)N(c2ccc([N+](=O)[O-])c(C(F)(F)F)c2)C(=O)N1CCCCCCCCCC[S+]([O-])CCCC(F)(F)C(F)(F)F. The first-order valence-corrected chi connectivity index (χ1v) is 15.5. The fourth-order valence-corrected chi connectivity index (χ4v) is 5.98. The van der Waals surface area contributed by atoms with E-state index in [1.54, 1.807) is 0 Å². The second kappa shape index (κ2) is 15.1. The van der Waals surface area contributed by atoms with Gasteiger partial charge in [-0.1, -0.05) is 43.3 Å². The van der Waals surface area contributed by atoms with Crippen molar-refractivity contribution in [2.45, 2.75) is 102 Å². The Kier molecular flexibility index (Phi) is 12.8. The fraction of sp³-hybridized carbons (Fsp3) is 0.704. The van der Waals surface area contributed by atoms with Gasteiger partial charge < -0.3 is 9.45 Å². The molecule has 0 aromatic heterocycles. The van der Waals surface area contributed by atoms with Crippen LogP contribution in [-0.2, 0) is 22.1 Å². The smallest absolute Gasteiger partial charge is 0.453 e. The first-order chi connectivity index (χ1) is 20.2. The number of halogens is 8. The maximum absolute atomic E-state index is 13.4. The molecular formula is C27H35F8N3O5S. The van der Waals surface area contributed by atoms with Gasteiger partial charge in [0, 0.05) is 19.0 Å². The maximum Gasteiger partial charge on any atom is 0.453 e. The zero-order chi connectivity index (χ0) is 33.5. The van der Waals surface area contributed by atoms with Crippen molar-refractivity contribution in [3.8, 4) is 0 Å². The minimum absolute atomic E-state index is 0.161. The van der Waals surface area contributed by atoms with E-state index in [0.717, 1.165) is 38.2 Å². The van der Waals surface area contributed by atoms with Gasteiger partial charge in [-0.25, -0.2) is 9.69 Å². The lowest BCUT2D eigenvalue weighted by Gasteiger charge is -2.27. The van der Waals surface area contributed by atoms with Crippen molar-refractivity contribution in [2.24, 2.45) is 0 Å². The Bertz CT molecular complexity index is 1160. The first-order valence-electron chi connectivity index (χ1n) is 14.0. The number of unbranched alkanes of at least 4 members (excludes halogenated alkanes) is 7. The van der Waals surface area contributed by atoms with Crippen LogP contribution in [-0.4, -0.2) is 62.0 Å². The average Bonchev–Trinajstić information content (AvgIpc) is 3.06. The minimum Gasteiger partial charge on any atom is -0.616 e. The van der Waals surface area contributed by atoms with E-state index in [1.807, 2.05) is 0 Å². The molecule has 0 saturated carbocycles. The molecule has 0 aliphatic carbocycles. The molecule has 1 saturated heterocycles. The molecular weight excluding hydrogens is 630 g/mol. The van der Waals surface area contributed by atoms with Crippen molar-refractivity contribution in [2.75, 3.05) is 23.0 Å². The summed E-state index contributed by atoms with van der Waals surface area (Å²) in [5, 5.41) is 11.0. The van der Waals surface area contributed by atoms with Gasteiger partial charge >= 0.3 is 24.3 Å². The Morgan fingerprint density at radius 3 is 1.89 bits per heavy atom. The number of imide groups is 1. The van der Waals surface area contributed by atoms with Crippen LogP contribution in [0.15, 0.2) is 18.2 Å². The molecule has 1 aliphatic rings. The molecule has 1 aromatic carbocycles. The number of nitrogens with zero attached hydrogens (tertiary/aromatic N) is 3. The van der Waals surface area contributed by atoms with Gasteiger partial charge in [0.1, 0.15) is 22.6 Å². The number of nitro groups is 1. The highest BCUT2D eigenvalue weighted by molar-refractivity contribution is 7.91. The Morgan fingerprint density at radius 1 is 0.841 bits per heavy atom. The van der Waals surface area contributed by atoms with Crippen molar-refractivity contribution in [1.29, 1.82) is 0 Å². The quantitative estimate of drug-likeness (QED) is 0.0419. The number of carbonyl (C=O) groups excluding carboxylic acids is 2. The molecule has 8 nitrogen and oxygen atoms in total. The van der Waals surface area contributed by atoms with E-state index in [4.69, 9.17) is 0 Å². The van der Waals surface area contributed by atoms with Crippen LogP contribution < -0.4 is 4.90 Å². The van der Waals surface area contributed by atoms with Gasteiger partial charge in [-0.15, -0.1) is 0 Å². The summed E-state index contributed by atoms with van der Waals surface area (Å²) in [5.41, 5.74) is -4.53. The summed E-state index contributed by atoms with van der Waals surface area (Å²) in [5.74, 6) is -5.53. The van der Waals surface area contributed by atoms with Crippen LogP contribution in [0, 0.1) is 10.1 Å². The second-order valence-corrected chi connectivity index (χ2v) is 12.8. The molecule has 1 aromatic rings. The monoisotopic (exact) mass is 665 g/mol. The number of benzene rings is 1. The van der Waals surface area contributed by atoms with E-state index < -0.39 is 81.6 Å². The molecule has 3 amide bonds. The van der Waals surface area contributed by atoms with Crippen molar-refractivity contribution in [3.05, 3.63) is 33.9 Å². The molecule has 1 aliphatic heterocycles. The van der Waals surface area contributed by atoms with E-state index >= 15 is 0 Å². The molecule has 0 spiro atoms. The Balaban J connectivity index is 1.72. The van der Waals surface area contributed by atoms with Crippen molar-refractivity contribution < 1.29 is 54.2 Å². The van der Waals surface area contributed by atoms with Gasteiger partial charge in [-0.2, -0.15) is 35.1 Å². The molecule has 2 rings (SSSR count). The fourth-order valence-electron chi connectivity index (χ4n) is 4.78. The van der Waals surface area contributed by atoms with E-state index in [2.05, 4.69) is 0 Å². The zero-order valence-electron chi connectivity index (χ0n) is 24.2. The highest BCUT2D eigenvalue weighted by Gasteiger charge is 2.56. The highest BCUT2D eigenvalue weighted by atomic mass is 32.2. The molecule has 44 heavy (non-hydrogen) atoms. The van der Waals surface area contributed by atoms with Crippen LogP contribution in [0.25, 0.3) is 0 Å². The van der Waals surface area contributed by atoms with Gasteiger partial charge in [-0.05, 0) is 51.7 Å². The molecule has 1 heterocycles. The third-order valence-electron chi connectivity index (χ3n) is 7.35. The topological polar surface area (TPSA) is 107 Å². The molecule has 1 unspecified atom stereocenters. The number of carbonyl (C=O) groups is 2. The number of nitro benzene ring substituents is 1. The van der Waals surface area contributed by atoms with Crippen molar-refractivity contribution in [1.82, 2.24) is 4.90 Å². The van der Waals surface area contributed by atoms with Gasteiger partial charge in [-0.3, -0.25) is 14.9 Å². The summed E-state index contributed by atoms with van der Waals surface area (Å²) in [6, 6.07) is 1.14. The van der Waals surface area contributed by atoms with Crippen LogP contribution in [0.1, 0.15) is 83.6 Å². The number of hydrogen-bond donors (Lipinski definition) is 0. The largest absolute Gasteiger partial charge is 0.616 e. The van der Waals surface area contributed by atoms with Gasteiger partial charge in [0.2, 0.25) is 0 Å². The third kappa shape index (κ3) is 9.65. The van der Waals surface area contributed by atoms with Crippen LogP contribution in [0.5, 0.6) is 0 Å². The molecule has 1 atom stereocenters. The summed E-state index contributed by atoms with van der Waals surface area (Å²) in [6.45, 7) is 3.09. The Hall–Kier alpha value is -2.69. The van der Waals surface area contributed by atoms with E-state index in [9.17, 15) is 59.4 Å². The number of amides is 3. The third-order valence-corrected chi connectivity index (χ3v) is 8.83. The van der Waals surface area contributed by atoms with Crippen molar-refractivity contribution in [3.63, 3.8) is 0 Å². The van der Waals surface area contributed by atoms with E-state index in [-0.39, 0.29) is 18.1 Å². The van der Waals surface area contributed by atoms with E-state index in [0.29, 0.717) is 36.3 Å². The number of anilines is 1. The zero-order valence-corrected chi connectivity index (χ0v) is 25.1. The second-order valence-electron chi connectivity index (χ2n) is 11.1. The van der Waals surface area contributed by atoms with Crippen LogP contribution in [0.4, 0.5) is 51.3 Å². The summed E-state index contributed by atoms with van der Waals surface area (Å²) in [4.78, 5) is 37.8. The number of hydrogen-bond acceptors (Lipinski definition) is 5. The number of rotatable bonds is 17. The normalized spacial score (nSPS) is 16.6. The number of urea groups is 1. The molecule has 250 valence electrons. The van der Waals surface area contributed by atoms with Gasteiger partial charge in [0.05, 0.1) is 10.6 Å². The lowest BCUT2D eigenvalue weighted by atomic mass is 10.0. The van der Waals surface area contributed by atoms with Crippen LogP contribution in [0.2, 0.25) is 0 Å². The van der Waals surface area contributed by atoms with Crippen molar-refractivity contribution >= 4 is 34.5 Å². The lowest BCUT2D eigenvalue weighted by molar-refractivity contribution is -0.388. The maximum atomic E-state index is 13.4. The Labute approximate surface area is 252 Å². The Morgan fingerprint density at radius 2 is 1.36 bits per heavy atom. The van der Waals surface area contributed by atoms with Crippen LogP contribution in [0.3, 0.4) is 0 Å².